The lowest BCUT2D eigenvalue weighted by Crippen LogP contribution is -2.40. The van der Waals surface area contributed by atoms with Gasteiger partial charge in [-0.3, -0.25) is 9.59 Å². The van der Waals surface area contributed by atoms with Crippen molar-refractivity contribution < 1.29 is 27.9 Å². The van der Waals surface area contributed by atoms with E-state index in [1.165, 1.54) is 33.5 Å². The van der Waals surface area contributed by atoms with E-state index >= 15 is 0 Å². The Kier molecular flexibility index (Phi) is 8.43. The molecule has 0 unspecified atom stereocenters. The van der Waals surface area contributed by atoms with Gasteiger partial charge in [0.25, 0.3) is 11.7 Å². The number of aliphatic hydroxyl groups excluding tert-OH is 1. The molecular formula is C27H33N3O6S. The van der Waals surface area contributed by atoms with Crippen LogP contribution in [0.2, 0.25) is 0 Å². The molecule has 9 nitrogen and oxygen atoms in total. The van der Waals surface area contributed by atoms with Crippen LogP contribution >= 0.6 is 0 Å². The molecule has 1 atom stereocenters. The van der Waals surface area contributed by atoms with E-state index in [0.29, 0.717) is 31.9 Å². The van der Waals surface area contributed by atoms with Crippen molar-refractivity contribution in [1.82, 2.24) is 14.1 Å². The van der Waals surface area contributed by atoms with Crippen LogP contribution in [0.25, 0.3) is 5.76 Å². The lowest BCUT2D eigenvalue weighted by molar-refractivity contribution is -0.140. The molecule has 0 saturated carbocycles. The number of sulfonamides is 1. The first kappa shape index (κ1) is 27.0. The fourth-order valence-corrected chi connectivity index (χ4v) is 6.17. The number of amides is 1. The number of rotatable bonds is 9. The number of aliphatic hydroxyl groups is 1. The van der Waals surface area contributed by atoms with Gasteiger partial charge in [-0.25, -0.2) is 8.42 Å². The number of hydrogen-bond acceptors (Lipinski definition) is 7. The lowest BCUT2D eigenvalue weighted by Gasteiger charge is -2.28. The molecule has 0 aromatic heterocycles. The standard InChI is InChI=1S/C27H33N3O6S/c1-3-28(4-2)14-15-30-24(20-8-6-5-7-9-20)23(26(32)27(30)33)25(31)21-10-12-22(13-11-21)37(34,35)29-16-18-36-19-17-29/h5-13,24,31H,3-4,14-19H2,1-2H3/t24-/m0/s1. The summed E-state index contributed by atoms with van der Waals surface area (Å²) in [5, 5.41) is 11.3. The maximum atomic E-state index is 13.2. The highest BCUT2D eigenvalue weighted by molar-refractivity contribution is 7.89. The molecule has 0 bridgehead atoms. The number of likely N-dealkylation sites (tertiary alicyclic amines) is 1. The second-order valence-corrected chi connectivity index (χ2v) is 10.9. The largest absolute Gasteiger partial charge is 0.507 e. The Bertz CT molecular complexity index is 1250. The van der Waals surface area contributed by atoms with Gasteiger partial charge in [0, 0.05) is 31.7 Å². The molecule has 198 valence electrons. The number of morpholine rings is 1. The van der Waals surface area contributed by atoms with Gasteiger partial charge in [0.2, 0.25) is 10.0 Å². The van der Waals surface area contributed by atoms with Gasteiger partial charge in [0.1, 0.15) is 5.76 Å². The predicted octanol–water partition coefficient (Wildman–Crippen LogP) is 2.47. The van der Waals surface area contributed by atoms with Crippen molar-refractivity contribution in [2.24, 2.45) is 0 Å². The maximum Gasteiger partial charge on any atom is 0.295 e. The Morgan fingerprint density at radius 2 is 1.62 bits per heavy atom. The van der Waals surface area contributed by atoms with Gasteiger partial charge in [-0.1, -0.05) is 44.2 Å². The molecule has 2 fully saturated rings. The number of likely N-dealkylation sites (N-methyl/N-ethyl adjacent to an activating group) is 1. The first-order valence-corrected chi connectivity index (χ1v) is 14.0. The Labute approximate surface area is 218 Å². The first-order valence-electron chi connectivity index (χ1n) is 12.5. The number of hydrogen-bond donors (Lipinski definition) is 1. The molecule has 2 aromatic carbocycles. The van der Waals surface area contributed by atoms with Crippen molar-refractivity contribution in [3.05, 3.63) is 71.3 Å². The van der Waals surface area contributed by atoms with E-state index < -0.39 is 27.8 Å². The highest BCUT2D eigenvalue weighted by Gasteiger charge is 2.46. The second-order valence-electron chi connectivity index (χ2n) is 8.97. The van der Waals surface area contributed by atoms with Crippen LogP contribution in [0.15, 0.2) is 65.1 Å². The normalized spacial score (nSPS) is 20.6. The molecule has 2 heterocycles. The lowest BCUT2D eigenvalue weighted by atomic mass is 9.95. The van der Waals surface area contributed by atoms with E-state index in [1.54, 1.807) is 0 Å². The van der Waals surface area contributed by atoms with E-state index in [0.717, 1.165) is 13.1 Å². The summed E-state index contributed by atoms with van der Waals surface area (Å²) >= 11 is 0. The SMILES string of the molecule is CCN(CC)CCN1C(=O)C(=O)C(=C(O)c2ccc(S(=O)(=O)N3CCOCC3)cc2)[C@@H]1c1ccccc1. The number of ketones is 1. The summed E-state index contributed by atoms with van der Waals surface area (Å²) in [5.74, 6) is -1.74. The van der Waals surface area contributed by atoms with Crippen LogP contribution < -0.4 is 0 Å². The predicted molar refractivity (Wildman–Crippen MR) is 139 cm³/mol. The Balaban J connectivity index is 1.70. The van der Waals surface area contributed by atoms with Crippen LogP contribution in [0.5, 0.6) is 0 Å². The van der Waals surface area contributed by atoms with Gasteiger partial charge in [-0.2, -0.15) is 4.31 Å². The Morgan fingerprint density at radius 1 is 1.00 bits per heavy atom. The van der Waals surface area contributed by atoms with Crippen LogP contribution in [-0.4, -0.2) is 91.8 Å². The zero-order valence-corrected chi connectivity index (χ0v) is 22.0. The zero-order chi connectivity index (χ0) is 26.6. The number of Topliss-reactive ketones (excluding diaryl/α,β-unsaturated/α-hetero) is 1. The molecule has 0 spiro atoms. The van der Waals surface area contributed by atoms with Crippen LogP contribution in [0.1, 0.15) is 31.0 Å². The highest BCUT2D eigenvalue weighted by atomic mass is 32.2. The van der Waals surface area contributed by atoms with Crippen LogP contribution in [0.4, 0.5) is 0 Å². The summed E-state index contributed by atoms with van der Waals surface area (Å²) in [4.78, 5) is 30.1. The van der Waals surface area contributed by atoms with Gasteiger partial charge in [0.05, 0.1) is 29.7 Å². The summed E-state index contributed by atoms with van der Waals surface area (Å²) in [7, 11) is -3.70. The third-order valence-corrected chi connectivity index (χ3v) is 8.86. The fourth-order valence-electron chi connectivity index (χ4n) is 4.76. The van der Waals surface area contributed by atoms with Crippen molar-refractivity contribution in [1.29, 1.82) is 0 Å². The van der Waals surface area contributed by atoms with E-state index in [-0.39, 0.29) is 34.9 Å². The van der Waals surface area contributed by atoms with E-state index in [1.807, 2.05) is 44.2 Å². The minimum absolute atomic E-state index is 0.000432. The zero-order valence-electron chi connectivity index (χ0n) is 21.2. The Hall–Kier alpha value is -3.05. The van der Waals surface area contributed by atoms with Crippen molar-refractivity contribution in [2.75, 3.05) is 52.5 Å². The van der Waals surface area contributed by atoms with Gasteiger partial charge >= 0.3 is 0 Å². The minimum Gasteiger partial charge on any atom is -0.507 e. The van der Waals surface area contributed by atoms with E-state index in [2.05, 4.69) is 4.90 Å². The van der Waals surface area contributed by atoms with Crippen LogP contribution in [0.3, 0.4) is 0 Å². The molecule has 10 heteroatoms. The average molecular weight is 528 g/mol. The summed E-state index contributed by atoms with van der Waals surface area (Å²) in [6, 6.07) is 14.2. The van der Waals surface area contributed by atoms with Crippen molar-refractivity contribution in [3.8, 4) is 0 Å². The molecule has 37 heavy (non-hydrogen) atoms. The molecule has 2 aliphatic heterocycles. The molecule has 0 aliphatic carbocycles. The van der Waals surface area contributed by atoms with E-state index in [9.17, 15) is 23.1 Å². The number of benzene rings is 2. The number of carbonyl (C=O) groups excluding carboxylic acids is 2. The third-order valence-electron chi connectivity index (χ3n) is 6.94. The molecule has 4 rings (SSSR count). The van der Waals surface area contributed by atoms with Crippen molar-refractivity contribution >= 4 is 27.5 Å². The monoisotopic (exact) mass is 527 g/mol. The quantitative estimate of drug-likeness (QED) is 0.303. The molecular weight excluding hydrogens is 494 g/mol. The van der Waals surface area contributed by atoms with Crippen LogP contribution in [-0.2, 0) is 24.3 Å². The smallest absolute Gasteiger partial charge is 0.295 e. The summed E-state index contributed by atoms with van der Waals surface area (Å²) in [6.07, 6.45) is 0. The highest BCUT2D eigenvalue weighted by Crippen LogP contribution is 2.39. The number of ether oxygens (including phenoxy) is 1. The minimum atomic E-state index is -3.70. The van der Waals surface area contributed by atoms with E-state index in [4.69, 9.17) is 4.74 Å². The van der Waals surface area contributed by atoms with Crippen molar-refractivity contribution in [2.45, 2.75) is 24.8 Å². The molecule has 0 radical (unpaired) electrons. The van der Waals surface area contributed by atoms with Gasteiger partial charge in [-0.15, -0.1) is 0 Å². The summed E-state index contributed by atoms with van der Waals surface area (Å²) in [6.45, 7) is 7.86. The van der Waals surface area contributed by atoms with Crippen LogP contribution in [0, 0.1) is 0 Å². The summed E-state index contributed by atoms with van der Waals surface area (Å²) in [5.41, 5.74) is 0.984. The summed E-state index contributed by atoms with van der Waals surface area (Å²) < 4.78 is 32.5. The molecule has 2 saturated heterocycles. The number of carbonyl (C=O) groups is 2. The first-order chi connectivity index (χ1) is 17.8. The molecule has 2 aliphatic rings. The van der Waals surface area contributed by atoms with Crippen molar-refractivity contribution in [3.63, 3.8) is 0 Å². The number of nitrogens with zero attached hydrogens (tertiary/aromatic N) is 3. The molecule has 1 N–H and O–H groups in total. The molecule has 1 amide bonds. The fraction of sp³-hybridized carbons (Fsp3) is 0.407. The van der Waals surface area contributed by atoms with Gasteiger partial charge in [0.15, 0.2) is 0 Å². The van der Waals surface area contributed by atoms with Gasteiger partial charge in [-0.05, 0) is 42.9 Å². The Morgan fingerprint density at radius 3 is 2.22 bits per heavy atom. The van der Waals surface area contributed by atoms with Gasteiger partial charge < -0.3 is 19.6 Å². The average Bonchev–Trinajstić information content (AvgIpc) is 3.19. The third kappa shape index (κ3) is 5.47. The molecule has 2 aromatic rings. The second kappa shape index (κ2) is 11.6. The maximum absolute atomic E-state index is 13.2. The topological polar surface area (TPSA) is 107 Å².